The molecule has 0 saturated carbocycles. The van der Waals surface area contributed by atoms with Gasteiger partial charge in [0, 0.05) is 11.1 Å². The molecule has 2 aromatic heterocycles. The molecule has 3 rings (SSSR count). The van der Waals surface area contributed by atoms with Crippen LogP contribution >= 0.6 is 11.3 Å². The van der Waals surface area contributed by atoms with Crippen LogP contribution < -0.4 is 4.80 Å². The Morgan fingerprint density at radius 2 is 2.00 bits per heavy atom. The Balaban J connectivity index is 2.05. The van der Waals surface area contributed by atoms with Gasteiger partial charge >= 0.3 is 0 Å². The van der Waals surface area contributed by atoms with Crippen LogP contribution in [0.25, 0.3) is 0 Å². The molecule has 0 unspecified atom stereocenters. The minimum absolute atomic E-state index is 0.715. The third-order valence-electron chi connectivity index (χ3n) is 3.22. The fourth-order valence-corrected chi connectivity index (χ4v) is 2.94. The van der Waals surface area contributed by atoms with Crippen molar-refractivity contribution < 1.29 is 4.42 Å². The smallest absolute Gasteiger partial charge is 0.190 e. The van der Waals surface area contributed by atoms with Gasteiger partial charge in [0.05, 0.1) is 18.5 Å². The number of nitrogens with zero attached hydrogens (tertiary/aromatic N) is 2. The van der Waals surface area contributed by atoms with Gasteiger partial charge in [0.2, 0.25) is 0 Å². The Kier molecular flexibility index (Phi) is 3.56. The highest BCUT2D eigenvalue weighted by molar-refractivity contribution is 7.07. The minimum atomic E-state index is 0.715. The molecule has 0 amide bonds. The van der Waals surface area contributed by atoms with Crippen molar-refractivity contribution in [3.63, 3.8) is 0 Å². The highest BCUT2D eigenvalue weighted by atomic mass is 32.1. The number of hydrogen-bond acceptors (Lipinski definition) is 3. The number of furan rings is 1. The van der Waals surface area contributed by atoms with E-state index in [0.29, 0.717) is 6.54 Å². The summed E-state index contributed by atoms with van der Waals surface area (Å²) in [4.78, 5) is 5.78. The predicted octanol–water partition coefficient (Wildman–Crippen LogP) is 4.04. The van der Waals surface area contributed by atoms with E-state index < -0.39 is 0 Å². The molecule has 20 heavy (non-hydrogen) atoms. The standard InChI is InChI=1S/C16H16N2OS/c1-12-6-3-4-8-15(12)17-16-18(13(2)11-20-16)10-14-7-5-9-19-14/h3-9,11H,10H2,1-2H3. The van der Waals surface area contributed by atoms with Crippen LogP contribution in [0.4, 0.5) is 5.69 Å². The van der Waals surface area contributed by atoms with Crippen LogP contribution in [0.1, 0.15) is 17.0 Å². The van der Waals surface area contributed by atoms with Crippen molar-refractivity contribution in [1.29, 1.82) is 0 Å². The van der Waals surface area contributed by atoms with Crippen molar-refractivity contribution in [1.82, 2.24) is 4.57 Å². The molecule has 4 heteroatoms. The first-order valence-electron chi connectivity index (χ1n) is 6.52. The molecule has 1 aromatic carbocycles. The Bertz CT molecular complexity index is 766. The molecule has 0 bridgehead atoms. The van der Waals surface area contributed by atoms with Crippen LogP contribution in [-0.4, -0.2) is 4.57 Å². The van der Waals surface area contributed by atoms with E-state index in [9.17, 15) is 0 Å². The van der Waals surface area contributed by atoms with Crippen molar-refractivity contribution in [3.05, 3.63) is 69.9 Å². The van der Waals surface area contributed by atoms with E-state index in [4.69, 9.17) is 9.41 Å². The largest absolute Gasteiger partial charge is 0.467 e. The highest BCUT2D eigenvalue weighted by Crippen LogP contribution is 2.17. The first-order chi connectivity index (χ1) is 9.74. The topological polar surface area (TPSA) is 30.4 Å². The van der Waals surface area contributed by atoms with Crippen LogP contribution in [0.15, 0.2) is 57.5 Å². The van der Waals surface area contributed by atoms with Gasteiger partial charge < -0.3 is 8.98 Å². The Morgan fingerprint density at radius 3 is 2.75 bits per heavy atom. The fourth-order valence-electron chi connectivity index (χ4n) is 2.05. The molecule has 0 radical (unpaired) electrons. The summed E-state index contributed by atoms with van der Waals surface area (Å²) < 4.78 is 7.61. The summed E-state index contributed by atoms with van der Waals surface area (Å²) in [7, 11) is 0. The van der Waals surface area contributed by atoms with E-state index >= 15 is 0 Å². The molecule has 0 aliphatic carbocycles. The van der Waals surface area contributed by atoms with Gasteiger partial charge in [-0.15, -0.1) is 11.3 Å². The maximum atomic E-state index is 5.43. The summed E-state index contributed by atoms with van der Waals surface area (Å²) in [6.07, 6.45) is 1.70. The number of para-hydroxylation sites is 1. The van der Waals surface area contributed by atoms with E-state index in [2.05, 4.69) is 29.9 Å². The first-order valence-corrected chi connectivity index (χ1v) is 7.39. The second-order valence-electron chi connectivity index (χ2n) is 4.72. The zero-order chi connectivity index (χ0) is 13.9. The summed E-state index contributed by atoms with van der Waals surface area (Å²) >= 11 is 1.66. The summed E-state index contributed by atoms with van der Waals surface area (Å²) in [5, 5.41) is 2.13. The summed E-state index contributed by atoms with van der Waals surface area (Å²) in [6, 6.07) is 12.1. The van der Waals surface area contributed by atoms with Crippen molar-refractivity contribution in [2.45, 2.75) is 20.4 Å². The SMILES string of the molecule is Cc1ccccc1N=c1scc(C)n1Cc1ccco1. The predicted molar refractivity (Wildman–Crippen MR) is 81.3 cm³/mol. The molecule has 0 aliphatic rings. The third kappa shape index (κ3) is 2.60. The molecule has 0 spiro atoms. The Morgan fingerprint density at radius 1 is 1.15 bits per heavy atom. The van der Waals surface area contributed by atoms with Gasteiger partial charge in [-0.2, -0.15) is 0 Å². The van der Waals surface area contributed by atoms with Crippen LogP contribution in [0, 0.1) is 13.8 Å². The van der Waals surface area contributed by atoms with Crippen LogP contribution in [0.2, 0.25) is 0 Å². The molecule has 0 fully saturated rings. The van der Waals surface area contributed by atoms with Crippen molar-refractivity contribution >= 4 is 17.0 Å². The molecule has 3 aromatic rings. The molecule has 3 nitrogen and oxygen atoms in total. The molecular weight excluding hydrogens is 268 g/mol. The van der Waals surface area contributed by atoms with Gasteiger partial charge in [-0.3, -0.25) is 0 Å². The van der Waals surface area contributed by atoms with E-state index in [1.807, 2.05) is 30.3 Å². The van der Waals surface area contributed by atoms with Gasteiger partial charge in [-0.25, -0.2) is 4.99 Å². The zero-order valence-corrected chi connectivity index (χ0v) is 12.4. The normalized spacial score (nSPS) is 12.0. The summed E-state index contributed by atoms with van der Waals surface area (Å²) in [6.45, 7) is 4.89. The van der Waals surface area contributed by atoms with E-state index in [-0.39, 0.29) is 0 Å². The molecule has 0 aliphatic heterocycles. The molecular formula is C16H16N2OS. The average Bonchev–Trinajstić information content (AvgIpc) is 3.06. The van der Waals surface area contributed by atoms with Gasteiger partial charge in [0.1, 0.15) is 5.76 Å². The summed E-state index contributed by atoms with van der Waals surface area (Å²) in [5.74, 6) is 0.942. The van der Waals surface area contributed by atoms with Crippen molar-refractivity contribution in [2.24, 2.45) is 4.99 Å². The Labute approximate surface area is 121 Å². The average molecular weight is 284 g/mol. The number of aryl methyl sites for hydroxylation is 2. The molecule has 102 valence electrons. The molecule has 0 saturated heterocycles. The maximum absolute atomic E-state index is 5.43. The first kappa shape index (κ1) is 12.9. The maximum Gasteiger partial charge on any atom is 0.190 e. The van der Waals surface area contributed by atoms with Crippen LogP contribution in [0.5, 0.6) is 0 Å². The number of benzene rings is 1. The molecule has 0 atom stereocenters. The second kappa shape index (κ2) is 5.51. The number of thiazole rings is 1. The Hall–Kier alpha value is -2.07. The number of hydrogen-bond donors (Lipinski definition) is 0. The van der Waals surface area contributed by atoms with Crippen LogP contribution in [-0.2, 0) is 6.54 Å². The summed E-state index contributed by atoms with van der Waals surface area (Å²) in [5.41, 5.74) is 3.39. The minimum Gasteiger partial charge on any atom is -0.467 e. The lowest BCUT2D eigenvalue weighted by atomic mass is 10.2. The van der Waals surface area contributed by atoms with E-state index in [1.54, 1.807) is 17.6 Å². The van der Waals surface area contributed by atoms with Crippen molar-refractivity contribution in [2.75, 3.05) is 0 Å². The van der Waals surface area contributed by atoms with Crippen molar-refractivity contribution in [3.8, 4) is 0 Å². The number of rotatable bonds is 3. The fraction of sp³-hybridized carbons (Fsp3) is 0.188. The zero-order valence-electron chi connectivity index (χ0n) is 11.5. The van der Waals surface area contributed by atoms with Gasteiger partial charge in [-0.05, 0) is 37.6 Å². The lowest BCUT2D eigenvalue weighted by Crippen LogP contribution is -2.16. The second-order valence-corrected chi connectivity index (χ2v) is 5.56. The molecule has 0 N–H and O–H groups in total. The lowest BCUT2D eigenvalue weighted by Gasteiger charge is -2.04. The van der Waals surface area contributed by atoms with Gasteiger partial charge in [0.25, 0.3) is 0 Å². The van der Waals surface area contributed by atoms with E-state index in [1.165, 1.54) is 11.3 Å². The third-order valence-corrected chi connectivity index (χ3v) is 4.20. The van der Waals surface area contributed by atoms with Crippen LogP contribution in [0.3, 0.4) is 0 Å². The highest BCUT2D eigenvalue weighted by Gasteiger charge is 2.05. The lowest BCUT2D eigenvalue weighted by molar-refractivity contribution is 0.488. The van der Waals surface area contributed by atoms with Gasteiger partial charge in [-0.1, -0.05) is 18.2 Å². The molecule has 2 heterocycles. The van der Waals surface area contributed by atoms with Gasteiger partial charge in [0.15, 0.2) is 4.80 Å². The monoisotopic (exact) mass is 284 g/mol. The quantitative estimate of drug-likeness (QED) is 0.714. The van der Waals surface area contributed by atoms with E-state index in [0.717, 1.165) is 16.2 Å². The number of aromatic nitrogens is 1.